The molecule has 25 heavy (non-hydrogen) atoms. The van der Waals surface area contributed by atoms with Gasteiger partial charge < -0.3 is 24.4 Å². The Labute approximate surface area is 149 Å². The molecule has 0 amide bonds. The molecule has 0 aliphatic rings. The fourth-order valence-corrected chi connectivity index (χ4v) is 2.11. The van der Waals surface area contributed by atoms with Gasteiger partial charge in [0.25, 0.3) is 0 Å². The average Bonchev–Trinajstić information content (AvgIpc) is 2.58. The molecule has 0 bridgehead atoms. The van der Waals surface area contributed by atoms with Crippen LogP contribution in [-0.2, 0) is 0 Å². The summed E-state index contributed by atoms with van der Waals surface area (Å²) in [4.78, 5) is 11.4. The number of carbonyl (C=O) groups is 1. The van der Waals surface area contributed by atoms with Crippen molar-refractivity contribution in [1.82, 2.24) is 0 Å². The molecule has 0 aliphatic carbocycles. The maximum atomic E-state index is 11.4. The van der Waals surface area contributed by atoms with E-state index in [0.29, 0.717) is 25.6 Å². The zero-order chi connectivity index (χ0) is 18.7. The first kappa shape index (κ1) is 20.9. The fraction of sp³-hybridized carbons (Fsp3) is 0.632. The first-order chi connectivity index (χ1) is 12.1. The highest BCUT2D eigenvalue weighted by molar-refractivity contribution is 5.93. The van der Waals surface area contributed by atoms with Gasteiger partial charge in [0.05, 0.1) is 19.8 Å². The lowest BCUT2D eigenvalue weighted by Gasteiger charge is -2.19. The Morgan fingerprint density at radius 1 is 0.880 bits per heavy atom. The van der Waals surface area contributed by atoms with E-state index in [0.717, 1.165) is 38.5 Å². The van der Waals surface area contributed by atoms with Crippen molar-refractivity contribution in [3.63, 3.8) is 0 Å². The van der Waals surface area contributed by atoms with Crippen molar-refractivity contribution < 1.29 is 29.2 Å². The normalized spacial score (nSPS) is 10.5. The molecule has 1 aromatic rings. The van der Waals surface area contributed by atoms with E-state index in [1.54, 1.807) is 0 Å². The van der Waals surface area contributed by atoms with E-state index in [1.165, 1.54) is 6.07 Å². The number of ether oxygens (including phenoxy) is 3. The van der Waals surface area contributed by atoms with Crippen LogP contribution in [0.1, 0.15) is 69.7 Å². The molecule has 142 valence electrons. The van der Waals surface area contributed by atoms with E-state index in [4.69, 9.17) is 14.2 Å². The number of phenols is 1. The van der Waals surface area contributed by atoms with Crippen LogP contribution < -0.4 is 14.2 Å². The van der Waals surface area contributed by atoms with Crippen LogP contribution in [-0.4, -0.2) is 36.0 Å². The molecule has 0 atom stereocenters. The Morgan fingerprint density at radius 2 is 1.36 bits per heavy atom. The van der Waals surface area contributed by atoms with Crippen LogP contribution in [0.3, 0.4) is 0 Å². The van der Waals surface area contributed by atoms with Gasteiger partial charge in [-0.2, -0.15) is 0 Å². The van der Waals surface area contributed by atoms with Gasteiger partial charge >= 0.3 is 5.97 Å². The second-order valence-corrected chi connectivity index (χ2v) is 5.84. The molecule has 0 spiro atoms. The van der Waals surface area contributed by atoms with Crippen LogP contribution in [0.2, 0.25) is 0 Å². The molecule has 0 fully saturated rings. The van der Waals surface area contributed by atoms with Crippen molar-refractivity contribution in [1.29, 1.82) is 0 Å². The third-order valence-electron chi connectivity index (χ3n) is 3.65. The van der Waals surface area contributed by atoms with Gasteiger partial charge in [0.1, 0.15) is 5.56 Å². The number of aromatic hydroxyl groups is 1. The number of hydrogen-bond acceptors (Lipinski definition) is 5. The second kappa shape index (κ2) is 11.4. The molecule has 6 heteroatoms. The van der Waals surface area contributed by atoms with Gasteiger partial charge in [0.15, 0.2) is 11.5 Å². The van der Waals surface area contributed by atoms with Crippen molar-refractivity contribution in [3.05, 3.63) is 11.6 Å². The predicted octanol–water partition coefficient (Wildman–Crippen LogP) is 4.63. The van der Waals surface area contributed by atoms with Crippen LogP contribution in [0.5, 0.6) is 23.0 Å². The smallest absolute Gasteiger partial charge is 0.339 e. The summed E-state index contributed by atoms with van der Waals surface area (Å²) in [5.74, 6) is -1.03. The zero-order valence-corrected chi connectivity index (χ0v) is 15.5. The number of aromatic carboxylic acids is 1. The van der Waals surface area contributed by atoms with E-state index in [2.05, 4.69) is 0 Å². The topological polar surface area (TPSA) is 85.2 Å². The quantitative estimate of drug-likeness (QED) is 0.503. The average molecular weight is 354 g/mol. The number of rotatable bonds is 13. The van der Waals surface area contributed by atoms with Gasteiger partial charge in [-0.3, -0.25) is 0 Å². The fourth-order valence-electron chi connectivity index (χ4n) is 2.11. The molecule has 1 aromatic carbocycles. The van der Waals surface area contributed by atoms with E-state index >= 15 is 0 Å². The van der Waals surface area contributed by atoms with Gasteiger partial charge in [0.2, 0.25) is 11.5 Å². The maximum Gasteiger partial charge on any atom is 0.339 e. The largest absolute Gasteiger partial charge is 0.504 e. The molecule has 0 radical (unpaired) electrons. The van der Waals surface area contributed by atoms with Crippen molar-refractivity contribution in [3.8, 4) is 23.0 Å². The lowest BCUT2D eigenvalue weighted by molar-refractivity contribution is 0.0691. The van der Waals surface area contributed by atoms with Crippen LogP contribution in [0.4, 0.5) is 0 Å². The molecular formula is C19H30O6. The van der Waals surface area contributed by atoms with Crippen molar-refractivity contribution in [2.45, 2.75) is 59.3 Å². The second-order valence-electron chi connectivity index (χ2n) is 5.84. The Balaban J connectivity index is 3.24. The van der Waals surface area contributed by atoms with Crippen molar-refractivity contribution in [2.24, 2.45) is 0 Å². The Hall–Kier alpha value is -2.11. The molecule has 0 aromatic heterocycles. The summed E-state index contributed by atoms with van der Waals surface area (Å²) in [5.41, 5.74) is -0.249. The minimum absolute atomic E-state index is 0.0518. The van der Waals surface area contributed by atoms with E-state index < -0.39 is 11.7 Å². The molecule has 0 heterocycles. The molecule has 1 rings (SSSR count). The number of benzene rings is 1. The molecule has 2 N–H and O–H groups in total. The molecule has 0 saturated heterocycles. The Morgan fingerprint density at radius 3 is 1.84 bits per heavy atom. The van der Waals surface area contributed by atoms with Crippen LogP contribution in [0.15, 0.2) is 6.07 Å². The molecule has 0 unspecified atom stereocenters. The van der Waals surface area contributed by atoms with Gasteiger partial charge in [-0.15, -0.1) is 0 Å². The lowest BCUT2D eigenvalue weighted by Crippen LogP contribution is -2.08. The first-order valence-electron chi connectivity index (χ1n) is 9.08. The summed E-state index contributed by atoms with van der Waals surface area (Å²) >= 11 is 0. The Bertz CT molecular complexity index is 541. The minimum Gasteiger partial charge on any atom is -0.504 e. The predicted molar refractivity (Wildman–Crippen MR) is 96.3 cm³/mol. The summed E-state index contributed by atoms with van der Waals surface area (Å²) in [6.07, 6.45) is 5.30. The molecule has 0 aliphatic heterocycles. The van der Waals surface area contributed by atoms with Crippen molar-refractivity contribution >= 4 is 5.97 Å². The van der Waals surface area contributed by atoms with Crippen LogP contribution in [0, 0.1) is 0 Å². The highest BCUT2D eigenvalue weighted by Crippen LogP contribution is 2.46. The SMILES string of the molecule is CCCCOc1cc(C(=O)O)c(O)c(OCCCC)c1OCCCC. The number of hydrogen-bond donors (Lipinski definition) is 2. The summed E-state index contributed by atoms with van der Waals surface area (Å²) in [7, 11) is 0. The lowest BCUT2D eigenvalue weighted by atomic mass is 10.1. The molecule has 6 nitrogen and oxygen atoms in total. The summed E-state index contributed by atoms with van der Waals surface area (Å²) in [6.45, 7) is 7.36. The van der Waals surface area contributed by atoms with Crippen LogP contribution in [0.25, 0.3) is 0 Å². The van der Waals surface area contributed by atoms with Crippen molar-refractivity contribution in [2.75, 3.05) is 19.8 Å². The zero-order valence-electron chi connectivity index (χ0n) is 15.5. The third kappa shape index (κ3) is 6.36. The van der Waals surface area contributed by atoms with E-state index in [1.807, 2.05) is 20.8 Å². The highest BCUT2D eigenvalue weighted by atomic mass is 16.5. The van der Waals surface area contributed by atoms with Gasteiger partial charge in [-0.05, 0) is 19.3 Å². The van der Waals surface area contributed by atoms with Crippen LogP contribution >= 0.6 is 0 Å². The minimum atomic E-state index is -1.24. The first-order valence-corrected chi connectivity index (χ1v) is 9.08. The highest BCUT2D eigenvalue weighted by Gasteiger charge is 2.25. The summed E-state index contributed by atoms with van der Waals surface area (Å²) in [6, 6.07) is 1.31. The molecule has 0 saturated carbocycles. The maximum absolute atomic E-state index is 11.4. The monoisotopic (exact) mass is 354 g/mol. The number of carboxylic acid groups (broad SMARTS) is 1. The number of carboxylic acids is 1. The van der Waals surface area contributed by atoms with E-state index in [9.17, 15) is 15.0 Å². The standard InChI is InChI=1S/C19H30O6/c1-4-7-10-23-15-13-14(19(21)22)16(20)18(25-12-9-6-3)17(15)24-11-8-5-2/h13,20H,4-12H2,1-3H3,(H,21,22). The van der Waals surface area contributed by atoms with Gasteiger partial charge in [0, 0.05) is 6.07 Å². The Kier molecular flexibility index (Phi) is 9.58. The third-order valence-corrected chi connectivity index (χ3v) is 3.65. The molecular weight excluding hydrogens is 324 g/mol. The number of unbranched alkanes of at least 4 members (excludes halogenated alkanes) is 3. The van der Waals surface area contributed by atoms with Gasteiger partial charge in [-0.25, -0.2) is 4.79 Å². The van der Waals surface area contributed by atoms with Gasteiger partial charge in [-0.1, -0.05) is 40.0 Å². The summed E-state index contributed by atoms with van der Waals surface area (Å²) in [5, 5.41) is 19.7. The van der Waals surface area contributed by atoms with E-state index in [-0.39, 0.29) is 17.1 Å². The summed E-state index contributed by atoms with van der Waals surface area (Å²) < 4.78 is 17.2.